The summed E-state index contributed by atoms with van der Waals surface area (Å²) in [6, 6.07) is 6.87. The molecular weight excluding hydrogens is 308 g/mol. The summed E-state index contributed by atoms with van der Waals surface area (Å²) in [6.45, 7) is 3.59. The minimum Gasteiger partial charge on any atom is -0.369 e. The fraction of sp³-hybridized carbons (Fsp3) is 0.500. The molecule has 0 bridgehead atoms. The molecule has 23 heavy (non-hydrogen) atoms. The van der Waals surface area contributed by atoms with E-state index in [1.54, 1.807) is 17.5 Å². The van der Waals surface area contributed by atoms with Gasteiger partial charge in [-0.2, -0.15) is 10.4 Å². The maximum atomic E-state index is 9.03. The van der Waals surface area contributed by atoms with Crippen LogP contribution in [0.5, 0.6) is 0 Å². The Bertz CT molecular complexity index is 669. The molecule has 7 heteroatoms. The van der Waals surface area contributed by atoms with Gasteiger partial charge in [0.2, 0.25) is 0 Å². The molecule has 3 rings (SSSR count). The summed E-state index contributed by atoms with van der Waals surface area (Å²) in [6.07, 6.45) is 1.64. The number of hydrogen-bond donors (Lipinski definition) is 2. The number of hydrogen-bond acceptors (Lipinski definition) is 6. The van der Waals surface area contributed by atoms with Crippen LogP contribution in [-0.2, 0) is 6.54 Å². The van der Waals surface area contributed by atoms with Gasteiger partial charge >= 0.3 is 0 Å². The van der Waals surface area contributed by atoms with Crippen LogP contribution < -0.4 is 10.6 Å². The highest BCUT2D eigenvalue weighted by molar-refractivity contribution is 7.10. The fourth-order valence-corrected chi connectivity index (χ4v) is 3.84. The number of nitrogens with one attached hydrogen (secondary N) is 2. The first-order valence-electron chi connectivity index (χ1n) is 7.79. The van der Waals surface area contributed by atoms with E-state index in [0.717, 1.165) is 32.0 Å². The molecule has 2 N–H and O–H groups in total. The molecule has 0 aliphatic carbocycles. The second-order valence-electron chi connectivity index (χ2n) is 6.10. The van der Waals surface area contributed by atoms with Crippen molar-refractivity contribution in [3.63, 3.8) is 0 Å². The highest BCUT2D eigenvalue weighted by atomic mass is 32.1. The summed E-state index contributed by atoms with van der Waals surface area (Å²) >= 11 is 1.80. The van der Waals surface area contributed by atoms with Crippen molar-refractivity contribution < 1.29 is 0 Å². The predicted molar refractivity (Wildman–Crippen MR) is 92.5 cm³/mol. The summed E-state index contributed by atoms with van der Waals surface area (Å²) in [5, 5.41) is 22.4. The first kappa shape index (κ1) is 16.0. The molecule has 122 valence electrons. The monoisotopic (exact) mass is 330 g/mol. The number of aromatic nitrogens is 2. The Hall–Kier alpha value is -1.88. The Labute approximate surface area is 140 Å². The summed E-state index contributed by atoms with van der Waals surface area (Å²) in [5.74, 6) is 1.33. The van der Waals surface area contributed by atoms with Gasteiger partial charge in [0.05, 0.1) is 12.2 Å². The molecule has 2 atom stereocenters. The van der Waals surface area contributed by atoms with Crippen LogP contribution in [-0.4, -0.2) is 48.4 Å². The van der Waals surface area contributed by atoms with Crippen molar-refractivity contribution in [2.24, 2.45) is 5.92 Å². The van der Waals surface area contributed by atoms with Crippen LogP contribution in [0.2, 0.25) is 0 Å². The van der Waals surface area contributed by atoms with Crippen molar-refractivity contribution in [3.05, 3.63) is 34.2 Å². The van der Waals surface area contributed by atoms with Gasteiger partial charge in [-0.25, -0.2) is 4.68 Å². The van der Waals surface area contributed by atoms with Crippen molar-refractivity contribution in [2.45, 2.75) is 12.6 Å². The molecule has 1 aliphatic heterocycles. The summed E-state index contributed by atoms with van der Waals surface area (Å²) < 4.78 is 1.90. The van der Waals surface area contributed by atoms with Crippen LogP contribution in [0.4, 0.5) is 5.82 Å². The predicted octanol–water partition coefficient (Wildman–Crippen LogP) is 1.75. The molecule has 2 aromatic heterocycles. The van der Waals surface area contributed by atoms with Gasteiger partial charge in [-0.05, 0) is 25.5 Å². The van der Waals surface area contributed by atoms with E-state index in [1.165, 1.54) is 4.88 Å². The number of fused-ring (bicyclic) bond motifs is 1. The zero-order chi connectivity index (χ0) is 16.2. The molecule has 0 fully saturated rings. The van der Waals surface area contributed by atoms with Crippen molar-refractivity contribution in [1.82, 2.24) is 20.0 Å². The van der Waals surface area contributed by atoms with Crippen LogP contribution >= 0.6 is 11.3 Å². The van der Waals surface area contributed by atoms with Gasteiger partial charge in [-0.1, -0.05) is 6.07 Å². The first-order valence-corrected chi connectivity index (χ1v) is 8.67. The number of thiophene rings is 1. The number of nitrogens with zero attached hydrogens (tertiary/aromatic N) is 4. The van der Waals surface area contributed by atoms with Gasteiger partial charge in [0.25, 0.3) is 0 Å². The van der Waals surface area contributed by atoms with Crippen LogP contribution in [0, 0.1) is 17.2 Å². The molecule has 0 saturated heterocycles. The van der Waals surface area contributed by atoms with Crippen molar-refractivity contribution >= 4 is 17.2 Å². The van der Waals surface area contributed by atoms with Crippen LogP contribution in [0.15, 0.2) is 23.7 Å². The van der Waals surface area contributed by atoms with Gasteiger partial charge in [0, 0.05) is 37.0 Å². The first-order chi connectivity index (χ1) is 11.2. The van der Waals surface area contributed by atoms with E-state index in [2.05, 4.69) is 58.3 Å². The topological polar surface area (TPSA) is 68.9 Å². The largest absolute Gasteiger partial charge is 0.369 e. The third kappa shape index (κ3) is 3.55. The van der Waals surface area contributed by atoms with Crippen LogP contribution in [0.25, 0.3) is 0 Å². The highest BCUT2D eigenvalue weighted by Crippen LogP contribution is 2.23. The minimum atomic E-state index is 0.400. The Morgan fingerprint density at radius 3 is 3.17 bits per heavy atom. The number of rotatable bonds is 6. The van der Waals surface area contributed by atoms with E-state index in [9.17, 15) is 0 Å². The number of likely N-dealkylation sites (N-methyl/N-ethyl adjacent to an activating group) is 1. The van der Waals surface area contributed by atoms with Gasteiger partial charge < -0.3 is 15.5 Å². The minimum absolute atomic E-state index is 0.400. The third-order valence-electron chi connectivity index (χ3n) is 4.21. The molecule has 2 aromatic rings. The Morgan fingerprint density at radius 1 is 1.61 bits per heavy atom. The molecule has 0 spiro atoms. The quantitative estimate of drug-likeness (QED) is 0.844. The standard InChI is InChI=1S/C16H22N6S/c1-21(2)14(15-4-3-5-23-15)10-18-7-12-8-19-16-13(6-17)9-20-22(16)11-12/h3-5,9,12,14,18-19H,7-8,10-11H2,1-2H3. The highest BCUT2D eigenvalue weighted by Gasteiger charge is 2.22. The maximum absolute atomic E-state index is 9.03. The van der Waals surface area contributed by atoms with E-state index in [1.807, 2.05) is 4.68 Å². The fourth-order valence-electron chi connectivity index (χ4n) is 2.92. The lowest BCUT2D eigenvalue weighted by Gasteiger charge is -2.28. The average Bonchev–Trinajstić information content (AvgIpc) is 3.20. The van der Waals surface area contributed by atoms with Crippen molar-refractivity contribution in [2.75, 3.05) is 39.0 Å². The summed E-state index contributed by atoms with van der Waals surface area (Å²) in [5.41, 5.74) is 0.627. The molecule has 6 nitrogen and oxygen atoms in total. The lowest BCUT2D eigenvalue weighted by Crippen LogP contribution is -2.38. The molecule has 0 saturated carbocycles. The Morgan fingerprint density at radius 2 is 2.48 bits per heavy atom. The van der Waals surface area contributed by atoms with Gasteiger partial charge in [0.1, 0.15) is 17.5 Å². The van der Waals surface area contributed by atoms with Gasteiger partial charge in [-0.15, -0.1) is 11.3 Å². The maximum Gasteiger partial charge on any atom is 0.142 e. The smallest absolute Gasteiger partial charge is 0.142 e. The van der Waals surface area contributed by atoms with Gasteiger partial charge in [-0.3, -0.25) is 0 Å². The lowest BCUT2D eigenvalue weighted by molar-refractivity contribution is 0.283. The van der Waals surface area contributed by atoms with Gasteiger partial charge in [0.15, 0.2) is 0 Å². The van der Waals surface area contributed by atoms with Crippen LogP contribution in [0.1, 0.15) is 16.5 Å². The molecule has 0 radical (unpaired) electrons. The summed E-state index contributed by atoms with van der Waals surface area (Å²) in [7, 11) is 4.24. The van der Waals surface area contributed by atoms with Crippen LogP contribution in [0.3, 0.4) is 0 Å². The van der Waals surface area contributed by atoms with Crippen molar-refractivity contribution in [3.8, 4) is 6.07 Å². The zero-order valence-corrected chi connectivity index (χ0v) is 14.3. The lowest BCUT2D eigenvalue weighted by atomic mass is 10.1. The molecular formula is C16H22N6S. The molecule has 1 aliphatic rings. The van der Waals surface area contributed by atoms with E-state index in [0.29, 0.717) is 17.5 Å². The SMILES string of the molecule is CN(C)C(CNCC1CNc2c(C#N)cnn2C1)c1cccs1. The Balaban J connectivity index is 1.52. The number of anilines is 1. The van der Waals surface area contributed by atoms with E-state index in [-0.39, 0.29) is 0 Å². The van der Waals surface area contributed by atoms with E-state index in [4.69, 9.17) is 5.26 Å². The molecule has 0 amide bonds. The number of nitriles is 1. The van der Waals surface area contributed by atoms with E-state index >= 15 is 0 Å². The molecule has 2 unspecified atom stereocenters. The zero-order valence-electron chi connectivity index (χ0n) is 13.5. The molecule has 3 heterocycles. The normalized spacial score (nSPS) is 18.3. The summed E-state index contributed by atoms with van der Waals surface area (Å²) in [4.78, 5) is 3.64. The second-order valence-corrected chi connectivity index (χ2v) is 7.08. The average molecular weight is 330 g/mol. The third-order valence-corrected chi connectivity index (χ3v) is 5.19. The van der Waals surface area contributed by atoms with E-state index < -0.39 is 0 Å². The van der Waals surface area contributed by atoms with Crippen molar-refractivity contribution in [1.29, 1.82) is 5.26 Å². The second kappa shape index (κ2) is 7.13. The Kier molecular flexibility index (Phi) is 4.96. The molecule has 0 aromatic carbocycles.